The summed E-state index contributed by atoms with van der Waals surface area (Å²) in [6, 6.07) is 12.0. The van der Waals surface area contributed by atoms with Gasteiger partial charge in [-0.3, -0.25) is 4.79 Å². The third kappa shape index (κ3) is 4.68. The summed E-state index contributed by atoms with van der Waals surface area (Å²) >= 11 is 0. The van der Waals surface area contributed by atoms with Crippen molar-refractivity contribution in [3.8, 4) is 5.88 Å². The second-order valence-corrected chi connectivity index (χ2v) is 8.77. The van der Waals surface area contributed by atoms with Crippen molar-refractivity contribution >= 4 is 18.5 Å². The first-order valence-corrected chi connectivity index (χ1v) is 10.4. The quantitative estimate of drug-likeness (QED) is 0.710. The van der Waals surface area contributed by atoms with Crippen LogP contribution >= 0.6 is 0 Å². The van der Waals surface area contributed by atoms with Gasteiger partial charge in [0.15, 0.2) is 0 Å². The number of ether oxygens (including phenoxy) is 1. The molecule has 160 valence electrons. The monoisotopic (exact) mass is 410 g/mol. The summed E-state index contributed by atoms with van der Waals surface area (Å²) in [5.41, 5.74) is 1.39. The van der Waals surface area contributed by atoms with Crippen LogP contribution in [-0.4, -0.2) is 42.9 Å². The zero-order chi connectivity index (χ0) is 21.9. The highest BCUT2D eigenvalue weighted by atomic mass is 16.7. The van der Waals surface area contributed by atoms with Crippen LogP contribution in [0.2, 0.25) is 0 Å². The number of hydrogen-bond acceptors (Lipinski definition) is 5. The van der Waals surface area contributed by atoms with E-state index in [9.17, 15) is 4.79 Å². The number of methoxy groups -OCH3 is 1. The maximum Gasteiger partial charge on any atom is 0.496 e. The number of aromatic nitrogens is 1. The van der Waals surface area contributed by atoms with Crippen LogP contribution in [0.15, 0.2) is 42.6 Å². The van der Waals surface area contributed by atoms with Crippen molar-refractivity contribution in [1.82, 2.24) is 10.3 Å². The summed E-state index contributed by atoms with van der Waals surface area (Å²) in [4.78, 5) is 17.2. The van der Waals surface area contributed by atoms with Crippen LogP contribution in [0, 0.1) is 0 Å². The molecule has 2 heterocycles. The van der Waals surface area contributed by atoms with Crippen molar-refractivity contribution in [2.75, 3.05) is 13.7 Å². The van der Waals surface area contributed by atoms with Gasteiger partial charge < -0.3 is 19.4 Å². The van der Waals surface area contributed by atoms with Crippen molar-refractivity contribution in [3.05, 3.63) is 53.7 Å². The number of hydrogen-bond donors (Lipinski definition) is 1. The van der Waals surface area contributed by atoms with Crippen LogP contribution in [0.3, 0.4) is 0 Å². The predicted octanol–water partition coefficient (Wildman–Crippen LogP) is 3.31. The van der Waals surface area contributed by atoms with Gasteiger partial charge in [-0.2, -0.15) is 0 Å². The van der Waals surface area contributed by atoms with Gasteiger partial charge >= 0.3 is 7.12 Å². The molecule has 30 heavy (non-hydrogen) atoms. The smallest absolute Gasteiger partial charge is 0.480 e. The molecule has 1 aromatic heterocycles. The summed E-state index contributed by atoms with van der Waals surface area (Å²) in [7, 11) is 0.920. The zero-order valence-electron chi connectivity index (χ0n) is 18.7. The van der Waals surface area contributed by atoms with Crippen molar-refractivity contribution < 1.29 is 18.8 Å². The largest absolute Gasteiger partial charge is 0.496 e. The Labute approximate surface area is 179 Å². The van der Waals surface area contributed by atoms with Crippen molar-refractivity contribution in [1.29, 1.82) is 0 Å². The standard InChI is InChI=1S/C23H31BN2O4/c1-16(17-10-8-7-9-11-17)12-13-25-20(27)19-14-18(15-26-21(19)28-6)24-29-22(2,3)23(4,5)30-24/h7-11,14-16H,12-13H2,1-6H3,(H,25,27). The van der Waals surface area contributed by atoms with E-state index in [0.717, 1.165) is 6.42 Å². The van der Waals surface area contributed by atoms with Crippen LogP contribution in [0.25, 0.3) is 0 Å². The third-order valence-electron chi connectivity index (χ3n) is 6.07. The minimum atomic E-state index is -0.585. The Morgan fingerprint density at radius 3 is 2.40 bits per heavy atom. The Hall–Kier alpha value is -2.38. The Bertz CT molecular complexity index is 870. The summed E-state index contributed by atoms with van der Waals surface area (Å²) in [6.07, 6.45) is 2.47. The van der Waals surface area contributed by atoms with Crippen LogP contribution in [0.4, 0.5) is 0 Å². The van der Waals surface area contributed by atoms with E-state index in [0.29, 0.717) is 23.5 Å². The average molecular weight is 410 g/mol. The fraction of sp³-hybridized carbons (Fsp3) is 0.478. The van der Waals surface area contributed by atoms with Crippen molar-refractivity contribution in [2.24, 2.45) is 0 Å². The van der Waals surface area contributed by atoms with Crippen LogP contribution < -0.4 is 15.5 Å². The van der Waals surface area contributed by atoms with E-state index in [1.807, 2.05) is 45.9 Å². The maximum absolute atomic E-state index is 12.9. The van der Waals surface area contributed by atoms with E-state index in [-0.39, 0.29) is 11.8 Å². The number of amides is 1. The third-order valence-corrected chi connectivity index (χ3v) is 6.07. The van der Waals surface area contributed by atoms with Crippen LogP contribution in [0.1, 0.15) is 62.9 Å². The molecule has 1 saturated heterocycles. The lowest BCUT2D eigenvalue weighted by atomic mass is 9.79. The van der Waals surface area contributed by atoms with Crippen LogP contribution in [0.5, 0.6) is 5.88 Å². The van der Waals surface area contributed by atoms with Gasteiger partial charge in [-0.15, -0.1) is 0 Å². The fourth-order valence-electron chi connectivity index (χ4n) is 3.35. The highest BCUT2D eigenvalue weighted by Gasteiger charge is 2.52. The molecule has 1 amide bonds. The maximum atomic E-state index is 12.9. The molecule has 3 rings (SSSR count). The first-order chi connectivity index (χ1) is 14.1. The molecule has 0 bridgehead atoms. The van der Waals surface area contributed by atoms with E-state index < -0.39 is 18.3 Å². The van der Waals surface area contributed by atoms with Crippen molar-refractivity contribution in [3.63, 3.8) is 0 Å². The molecule has 1 atom stereocenters. The Balaban J connectivity index is 1.69. The van der Waals surface area contributed by atoms with Gasteiger partial charge in [0.2, 0.25) is 5.88 Å². The Morgan fingerprint density at radius 2 is 1.80 bits per heavy atom. The summed E-state index contributed by atoms with van der Waals surface area (Å²) in [5, 5.41) is 2.98. The van der Waals surface area contributed by atoms with Gasteiger partial charge in [0.25, 0.3) is 5.91 Å². The average Bonchev–Trinajstić information content (AvgIpc) is 2.95. The summed E-state index contributed by atoms with van der Waals surface area (Å²) in [5.74, 6) is 0.407. The second kappa shape index (κ2) is 8.78. The second-order valence-electron chi connectivity index (χ2n) is 8.77. The van der Waals surface area contributed by atoms with Gasteiger partial charge in [0.05, 0.1) is 18.3 Å². The summed E-state index contributed by atoms with van der Waals surface area (Å²) in [6.45, 7) is 10.7. The van der Waals surface area contributed by atoms with E-state index in [4.69, 9.17) is 14.0 Å². The van der Waals surface area contributed by atoms with Gasteiger partial charge in [0.1, 0.15) is 5.56 Å². The lowest BCUT2D eigenvalue weighted by Gasteiger charge is -2.32. The van der Waals surface area contributed by atoms with Gasteiger partial charge in [0, 0.05) is 18.2 Å². The van der Waals surface area contributed by atoms with Crippen molar-refractivity contribution in [2.45, 2.75) is 58.2 Å². The number of benzene rings is 1. The summed E-state index contributed by atoms with van der Waals surface area (Å²) < 4.78 is 17.5. The van der Waals surface area contributed by atoms with Gasteiger partial charge in [-0.25, -0.2) is 4.98 Å². The molecule has 0 aliphatic carbocycles. The molecular formula is C23H31BN2O4. The molecule has 0 saturated carbocycles. The minimum Gasteiger partial charge on any atom is -0.480 e. The molecule has 1 aromatic carbocycles. The Kier molecular flexibility index (Phi) is 6.53. The number of carbonyl (C=O) groups is 1. The molecular weight excluding hydrogens is 379 g/mol. The molecule has 6 nitrogen and oxygen atoms in total. The minimum absolute atomic E-state index is 0.224. The van der Waals surface area contributed by atoms with E-state index in [1.165, 1.54) is 12.7 Å². The lowest BCUT2D eigenvalue weighted by Crippen LogP contribution is -2.41. The first-order valence-electron chi connectivity index (χ1n) is 10.4. The molecule has 0 spiro atoms. The van der Waals surface area contributed by atoms with Gasteiger partial charge in [-0.05, 0) is 51.7 Å². The van der Waals surface area contributed by atoms with Gasteiger partial charge in [-0.1, -0.05) is 37.3 Å². The van der Waals surface area contributed by atoms with E-state index in [2.05, 4.69) is 29.4 Å². The molecule has 0 radical (unpaired) electrons. The molecule has 1 unspecified atom stereocenters. The predicted molar refractivity (Wildman–Crippen MR) is 118 cm³/mol. The van der Waals surface area contributed by atoms with E-state index >= 15 is 0 Å². The highest BCUT2D eigenvalue weighted by Crippen LogP contribution is 2.36. The lowest BCUT2D eigenvalue weighted by molar-refractivity contribution is 0.00578. The number of carbonyl (C=O) groups excluding carboxylic acids is 1. The number of nitrogens with zero attached hydrogens (tertiary/aromatic N) is 1. The Morgan fingerprint density at radius 1 is 1.17 bits per heavy atom. The number of rotatable bonds is 7. The van der Waals surface area contributed by atoms with E-state index in [1.54, 1.807) is 12.3 Å². The highest BCUT2D eigenvalue weighted by molar-refractivity contribution is 6.62. The molecule has 1 N–H and O–H groups in total. The number of pyridine rings is 1. The SMILES string of the molecule is COc1ncc(B2OC(C)(C)C(C)(C)O2)cc1C(=O)NCCC(C)c1ccccc1. The molecule has 1 aliphatic heterocycles. The normalized spacial score (nSPS) is 18.1. The first kappa shape index (κ1) is 22.3. The molecule has 7 heteroatoms. The molecule has 1 fully saturated rings. The molecule has 1 aliphatic rings. The molecule has 2 aromatic rings. The van der Waals surface area contributed by atoms with Crippen LogP contribution in [-0.2, 0) is 9.31 Å². The topological polar surface area (TPSA) is 69.7 Å². The zero-order valence-corrected chi connectivity index (χ0v) is 18.7. The number of nitrogens with one attached hydrogen (secondary N) is 1. The fourth-order valence-corrected chi connectivity index (χ4v) is 3.35.